The van der Waals surface area contributed by atoms with Crippen molar-refractivity contribution >= 4 is 22.8 Å². The van der Waals surface area contributed by atoms with Crippen molar-refractivity contribution < 1.29 is 0 Å². The maximum absolute atomic E-state index is 4.61. The van der Waals surface area contributed by atoms with E-state index in [4.69, 9.17) is 0 Å². The zero-order valence-electron chi connectivity index (χ0n) is 12.7. The predicted octanol–water partition coefficient (Wildman–Crippen LogP) is 4.35. The summed E-state index contributed by atoms with van der Waals surface area (Å²) in [5.41, 5.74) is 4.46. The predicted molar refractivity (Wildman–Crippen MR) is 94.0 cm³/mol. The second-order valence-electron chi connectivity index (χ2n) is 5.40. The molecule has 2 aromatic carbocycles. The van der Waals surface area contributed by atoms with Crippen LogP contribution in [0.1, 0.15) is 11.4 Å². The topological polar surface area (TPSA) is 46.5 Å². The van der Waals surface area contributed by atoms with Gasteiger partial charge < -0.3 is 4.98 Å². The van der Waals surface area contributed by atoms with E-state index in [1.807, 2.05) is 36.7 Å². The third-order valence-corrected chi connectivity index (χ3v) is 4.67. The molecule has 0 bridgehead atoms. The van der Waals surface area contributed by atoms with Crippen molar-refractivity contribution in [2.24, 2.45) is 0 Å². The highest BCUT2D eigenvalue weighted by Gasteiger charge is 2.08. The summed E-state index contributed by atoms with van der Waals surface area (Å²) in [6, 6.07) is 16.5. The van der Waals surface area contributed by atoms with Crippen molar-refractivity contribution in [3.63, 3.8) is 0 Å². The molecule has 0 aliphatic heterocycles. The summed E-state index contributed by atoms with van der Waals surface area (Å²) in [5.74, 6) is 1.73. The van der Waals surface area contributed by atoms with Gasteiger partial charge in [-0.3, -0.25) is 4.57 Å². The van der Waals surface area contributed by atoms with E-state index in [9.17, 15) is 0 Å². The highest BCUT2D eigenvalue weighted by Crippen LogP contribution is 2.24. The third-order valence-electron chi connectivity index (χ3n) is 3.70. The van der Waals surface area contributed by atoms with Gasteiger partial charge in [-0.25, -0.2) is 9.97 Å². The van der Waals surface area contributed by atoms with Crippen LogP contribution in [0.5, 0.6) is 0 Å². The minimum absolute atomic E-state index is 0.761. The lowest BCUT2D eigenvalue weighted by molar-refractivity contribution is 0.893. The number of benzene rings is 2. The minimum Gasteiger partial charge on any atom is -0.341 e. The Hall–Kier alpha value is -2.53. The SMILES string of the molecule is Cc1ccc(-n2ccnc2SCc2nc3ccccc3[nH]2)cc1. The summed E-state index contributed by atoms with van der Waals surface area (Å²) < 4.78 is 2.10. The first-order valence-corrected chi connectivity index (χ1v) is 8.45. The molecule has 114 valence electrons. The van der Waals surface area contributed by atoms with Gasteiger partial charge in [-0.15, -0.1) is 0 Å². The number of rotatable bonds is 4. The Morgan fingerprint density at radius 1 is 1.09 bits per heavy atom. The van der Waals surface area contributed by atoms with E-state index in [-0.39, 0.29) is 0 Å². The zero-order valence-corrected chi connectivity index (χ0v) is 13.5. The van der Waals surface area contributed by atoms with Crippen molar-refractivity contribution in [3.05, 3.63) is 72.3 Å². The number of nitrogens with one attached hydrogen (secondary N) is 1. The number of hydrogen-bond acceptors (Lipinski definition) is 3. The Bertz CT molecular complexity index is 904. The number of para-hydroxylation sites is 2. The number of aromatic nitrogens is 4. The lowest BCUT2D eigenvalue weighted by atomic mass is 10.2. The molecule has 4 rings (SSSR count). The number of H-pyrrole nitrogens is 1. The average molecular weight is 320 g/mol. The number of imidazole rings is 2. The second kappa shape index (κ2) is 5.93. The standard InChI is InChI=1S/C18H16N4S/c1-13-6-8-14(9-7-13)22-11-10-19-18(22)23-12-17-20-15-4-2-3-5-16(15)21-17/h2-11H,12H2,1H3,(H,20,21). The average Bonchev–Trinajstić information content (AvgIpc) is 3.19. The molecule has 0 fully saturated rings. The number of hydrogen-bond donors (Lipinski definition) is 1. The highest BCUT2D eigenvalue weighted by atomic mass is 32.2. The van der Waals surface area contributed by atoms with Crippen LogP contribution in [-0.2, 0) is 5.75 Å². The normalized spacial score (nSPS) is 11.2. The summed E-state index contributed by atoms with van der Waals surface area (Å²) in [7, 11) is 0. The van der Waals surface area contributed by atoms with E-state index in [0.717, 1.165) is 33.5 Å². The lowest BCUT2D eigenvalue weighted by Gasteiger charge is -2.07. The first-order chi connectivity index (χ1) is 11.3. The smallest absolute Gasteiger partial charge is 0.173 e. The molecule has 0 atom stereocenters. The number of aromatic amines is 1. The van der Waals surface area contributed by atoms with Gasteiger partial charge in [0.15, 0.2) is 5.16 Å². The molecular formula is C18H16N4S. The molecule has 0 radical (unpaired) electrons. The number of aryl methyl sites for hydroxylation is 1. The fourth-order valence-corrected chi connectivity index (χ4v) is 3.35. The Balaban J connectivity index is 1.55. The number of nitrogens with zero attached hydrogens (tertiary/aromatic N) is 3. The summed E-state index contributed by atoms with van der Waals surface area (Å²) in [6.07, 6.45) is 3.83. The van der Waals surface area contributed by atoms with Crippen LogP contribution in [0, 0.1) is 6.92 Å². The fourth-order valence-electron chi connectivity index (χ4n) is 2.51. The summed E-state index contributed by atoms with van der Waals surface area (Å²) in [5, 5.41) is 0.967. The van der Waals surface area contributed by atoms with Gasteiger partial charge in [0.25, 0.3) is 0 Å². The van der Waals surface area contributed by atoms with Gasteiger partial charge in [-0.1, -0.05) is 41.6 Å². The first kappa shape index (κ1) is 14.1. The Morgan fingerprint density at radius 3 is 2.74 bits per heavy atom. The van der Waals surface area contributed by atoms with Crippen LogP contribution in [0.3, 0.4) is 0 Å². The molecule has 0 saturated heterocycles. The third kappa shape index (κ3) is 2.87. The van der Waals surface area contributed by atoms with E-state index < -0.39 is 0 Å². The first-order valence-electron chi connectivity index (χ1n) is 7.46. The van der Waals surface area contributed by atoms with Gasteiger partial charge in [0.2, 0.25) is 0 Å². The van der Waals surface area contributed by atoms with E-state index >= 15 is 0 Å². The highest BCUT2D eigenvalue weighted by molar-refractivity contribution is 7.98. The Morgan fingerprint density at radius 2 is 1.91 bits per heavy atom. The van der Waals surface area contributed by atoms with Crippen molar-refractivity contribution in [1.82, 2.24) is 19.5 Å². The summed E-state index contributed by atoms with van der Waals surface area (Å²) >= 11 is 1.68. The van der Waals surface area contributed by atoms with Gasteiger partial charge in [-0.2, -0.15) is 0 Å². The van der Waals surface area contributed by atoms with Crippen molar-refractivity contribution in [1.29, 1.82) is 0 Å². The Kier molecular flexibility index (Phi) is 3.63. The maximum Gasteiger partial charge on any atom is 0.173 e. The maximum atomic E-state index is 4.61. The molecule has 2 aromatic heterocycles. The monoisotopic (exact) mass is 320 g/mol. The van der Waals surface area contributed by atoms with Crippen LogP contribution in [0.2, 0.25) is 0 Å². The second-order valence-corrected chi connectivity index (χ2v) is 6.35. The van der Waals surface area contributed by atoms with E-state index in [0.29, 0.717) is 0 Å². The fraction of sp³-hybridized carbons (Fsp3) is 0.111. The molecule has 4 nitrogen and oxygen atoms in total. The molecule has 4 aromatic rings. The van der Waals surface area contributed by atoms with E-state index in [1.165, 1.54) is 5.56 Å². The number of thioether (sulfide) groups is 1. The largest absolute Gasteiger partial charge is 0.341 e. The van der Waals surface area contributed by atoms with Crippen molar-refractivity contribution in [2.75, 3.05) is 0 Å². The molecule has 23 heavy (non-hydrogen) atoms. The quantitative estimate of drug-likeness (QED) is 0.569. The zero-order chi connectivity index (χ0) is 15.6. The summed E-state index contributed by atoms with van der Waals surface area (Å²) in [6.45, 7) is 2.09. The summed E-state index contributed by atoms with van der Waals surface area (Å²) in [4.78, 5) is 12.4. The van der Waals surface area contributed by atoms with Crippen LogP contribution < -0.4 is 0 Å². The van der Waals surface area contributed by atoms with Crippen molar-refractivity contribution in [3.8, 4) is 5.69 Å². The van der Waals surface area contributed by atoms with Crippen LogP contribution in [0.15, 0.2) is 66.1 Å². The van der Waals surface area contributed by atoms with Gasteiger partial charge in [-0.05, 0) is 31.2 Å². The molecule has 5 heteroatoms. The van der Waals surface area contributed by atoms with Crippen LogP contribution in [-0.4, -0.2) is 19.5 Å². The van der Waals surface area contributed by atoms with Crippen molar-refractivity contribution in [2.45, 2.75) is 17.8 Å². The molecule has 0 amide bonds. The van der Waals surface area contributed by atoms with Gasteiger partial charge in [0, 0.05) is 18.1 Å². The van der Waals surface area contributed by atoms with Gasteiger partial charge in [0.05, 0.1) is 16.8 Å². The van der Waals surface area contributed by atoms with E-state index in [2.05, 4.69) is 50.7 Å². The van der Waals surface area contributed by atoms with E-state index in [1.54, 1.807) is 11.8 Å². The van der Waals surface area contributed by atoms with Crippen LogP contribution in [0.4, 0.5) is 0 Å². The molecule has 0 saturated carbocycles. The molecule has 0 aliphatic rings. The molecule has 2 heterocycles. The molecular weight excluding hydrogens is 304 g/mol. The van der Waals surface area contributed by atoms with Crippen LogP contribution in [0.25, 0.3) is 16.7 Å². The Labute approximate surface area is 138 Å². The lowest BCUT2D eigenvalue weighted by Crippen LogP contribution is -1.95. The number of fused-ring (bicyclic) bond motifs is 1. The molecule has 0 aliphatic carbocycles. The van der Waals surface area contributed by atoms with Crippen LogP contribution >= 0.6 is 11.8 Å². The molecule has 1 N–H and O–H groups in total. The van der Waals surface area contributed by atoms with Gasteiger partial charge >= 0.3 is 0 Å². The van der Waals surface area contributed by atoms with Gasteiger partial charge in [0.1, 0.15) is 5.82 Å². The molecule has 0 unspecified atom stereocenters. The molecule has 0 spiro atoms. The minimum atomic E-state index is 0.761.